The molecule has 1 aromatic heterocycles. The van der Waals surface area contributed by atoms with Gasteiger partial charge in [-0.3, -0.25) is 0 Å². The standard InChI is InChI=1S/C17H17N3/c18-16-8-6-15(7-9-16)17(12-20-11-10-19-13-20)14-4-2-1-3-5-14/h1-11,13,17H,12,18H2. The van der Waals surface area contributed by atoms with E-state index in [9.17, 15) is 0 Å². The molecule has 0 fully saturated rings. The molecule has 3 rings (SSSR count). The first-order chi connectivity index (χ1) is 9.83. The average molecular weight is 263 g/mol. The van der Waals surface area contributed by atoms with Crippen LogP contribution < -0.4 is 5.73 Å². The van der Waals surface area contributed by atoms with Crippen molar-refractivity contribution in [1.29, 1.82) is 0 Å². The first-order valence-electron chi connectivity index (χ1n) is 6.69. The average Bonchev–Trinajstić information content (AvgIpc) is 3.00. The molecule has 0 saturated carbocycles. The molecule has 3 nitrogen and oxygen atoms in total. The molecule has 0 bridgehead atoms. The van der Waals surface area contributed by atoms with Crippen LogP contribution in [0.25, 0.3) is 0 Å². The van der Waals surface area contributed by atoms with Crippen LogP contribution in [0.15, 0.2) is 73.3 Å². The minimum absolute atomic E-state index is 0.297. The topological polar surface area (TPSA) is 43.8 Å². The zero-order valence-electron chi connectivity index (χ0n) is 11.2. The lowest BCUT2D eigenvalue weighted by molar-refractivity contribution is 0.623. The summed E-state index contributed by atoms with van der Waals surface area (Å²) < 4.78 is 2.11. The first-order valence-corrected chi connectivity index (χ1v) is 6.69. The third kappa shape index (κ3) is 2.72. The fraction of sp³-hybridized carbons (Fsp3) is 0.118. The number of rotatable bonds is 4. The van der Waals surface area contributed by atoms with Crippen molar-refractivity contribution in [2.24, 2.45) is 0 Å². The van der Waals surface area contributed by atoms with Gasteiger partial charge in [0.05, 0.1) is 6.33 Å². The summed E-state index contributed by atoms with van der Waals surface area (Å²) >= 11 is 0. The van der Waals surface area contributed by atoms with Crippen LogP contribution in [0.1, 0.15) is 17.0 Å². The second-order valence-electron chi connectivity index (χ2n) is 4.89. The lowest BCUT2D eigenvalue weighted by atomic mass is 9.91. The third-order valence-corrected chi connectivity index (χ3v) is 3.49. The highest BCUT2D eigenvalue weighted by atomic mass is 15.0. The fourth-order valence-electron chi connectivity index (χ4n) is 2.42. The van der Waals surface area contributed by atoms with Gasteiger partial charge >= 0.3 is 0 Å². The third-order valence-electron chi connectivity index (χ3n) is 3.49. The van der Waals surface area contributed by atoms with E-state index in [1.54, 1.807) is 0 Å². The smallest absolute Gasteiger partial charge is 0.0946 e. The summed E-state index contributed by atoms with van der Waals surface area (Å²) in [5.74, 6) is 0.297. The lowest BCUT2D eigenvalue weighted by Crippen LogP contribution is -2.09. The Bertz CT molecular complexity index is 642. The summed E-state index contributed by atoms with van der Waals surface area (Å²) in [4.78, 5) is 4.12. The summed E-state index contributed by atoms with van der Waals surface area (Å²) in [6, 6.07) is 18.6. The second kappa shape index (κ2) is 5.61. The van der Waals surface area contributed by atoms with Gasteiger partial charge in [-0.1, -0.05) is 42.5 Å². The van der Waals surface area contributed by atoms with E-state index in [0.29, 0.717) is 5.92 Å². The SMILES string of the molecule is Nc1ccc(C(Cn2ccnc2)c2ccccc2)cc1. The number of nitrogens with zero attached hydrogens (tertiary/aromatic N) is 2. The lowest BCUT2D eigenvalue weighted by Gasteiger charge is -2.19. The minimum atomic E-state index is 0.297. The Morgan fingerprint density at radius 1 is 0.950 bits per heavy atom. The van der Waals surface area contributed by atoms with E-state index in [-0.39, 0.29) is 0 Å². The molecule has 100 valence electrons. The van der Waals surface area contributed by atoms with Crippen LogP contribution >= 0.6 is 0 Å². The number of hydrogen-bond donors (Lipinski definition) is 1. The highest BCUT2D eigenvalue weighted by Gasteiger charge is 2.14. The van der Waals surface area contributed by atoms with Gasteiger partial charge in [0, 0.05) is 30.5 Å². The van der Waals surface area contributed by atoms with Crippen molar-refractivity contribution in [3.8, 4) is 0 Å². The molecule has 0 saturated heterocycles. The monoisotopic (exact) mass is 263 g/mol. The molecular weight excluding hydrogens is 246 g/mol. The number of imidazole rings is 1. The normalized spacial score (nSPS) is 12.2. The molecule has 1 heterocycles. The van der Waals surface area contributed by atoms with Gasteiger partial charge in [-0.2, -0.15) is 0 Å². The molecule has 0 aliphatic heterocycles. The molecule has 1 atom stereocenters. The van der Waals surface area contributed by atoms with Gasteiger partial charge in [-0.25, -0.2) is 4.98 Å². The predicted molar refractivity (Wildman–Crippen MR) is 81.4 cm³/mol. The van der Waals surface area contributed by atoms with Crippen molar-refractivity contribution >= 4 is 5.69 Å². The molecule has 2 N–H and O–H groups in total. The van der Waals surface area contributed by atoms with Crippen LogP contribution in [0.3, 0.4) is 0 Å². The number of anilines is 1. The molecule has 1 unspecified atom stereocenters. The Kier molecular flexibility index (Phi) is 3.50. The van der Waals surface area contributed by atoms with Crippen LogP contribution in [0, 0.1) is 0 Å². The zero-order valence-corrected chi connectivity index (χ0v) is 11.2. The second-order valence-corrected chi connectivity index (χ2v) is 4.89. The zero-order chi connectivity index (χ0) is 13.8. The van der Waals surface area contributed by atoms with E-state index >= 15 is 0 Å². The first kappa shape index (κ1) is 12.5. The molecule has 0 amide bonds. The Morgan fingerprint density at radius 2 is 1.65 bits per heavy atom. The van der Waals surface area contributed by atoms with Gasteiger partial charge < -0.3 is 10.3 Å². The summed E-state index contributed by atoms with van der Waals surface area (Å²) in [5.41, 5.74) is 9.14. The van der Waals surface area contributed by atoms with Crippen LogP contribution in [0.5, 0.6) is 0 Å². The van der Waals surface area contributed by atoms with E-state index in [1.807, 2.05) is 36.9 Å². The number of hydrogen-bond acceptors (Lipinski definition) is 2. The summed E-state index contributed by atoms with van der Waals surface area (Å²) in [6.45, 7) is 0.869. The summed E-state index contributed by atoms with van der Waals surface area (Å²) in [6.07, 6.45) is 5.66. The number of benzene rings is 2. The Balaban J connectivity index is 1.97. The number of aromatic nitrogens is 2. The van der Waals surface area contributed by atoms with Crippen molar-refractivity contribution < 1.29 is 0 Å². The molecule has 0 aliphatic rings. The summed E-state index contributed by atoms with van der Waals surface area (Å²) in [5, 5.41) is 0. The molecule has 3 heteroatoms. The van der Waals surface area contributed by atoms with Gasteiger partial charge in [0.1, 0.15) is 0 Å². The molecular formula is C17H17N3. The van der Waals surface area contributed by atoms with Crippen LogP contribution in [-0.4, -0.2) is 9.55 Å². The Labute approximate surface area is 118 Å². The van der Waals surface area contributed by atoms with Crippen LogP contribution in [0.2, 0.25) is 0 Å². The minimum Gasteiger partial charge on any atom is -0.399 e. The van der Waals surface area contributed by atoms with E-state index < -0.39 is 0 Å². The largest absolute Gasteiger partial charge is 0.399 e. The Morgan fingerprint density at radius 3 is 2.30 bits per heavy atom. The van der Waals surface area contributed by atoms with Gasteiger partial charge in [0.25, 0.3) is 0 Å². The van der Waals surface area contributed by atoms with E-state index in [1.165, 1.54) is 11.1 Å². The Hall–Kier alpha value is -2.55. The molecule has 0 radical (unpaired) electrons. The molecule has 20 heavy (non-hydrogen) atoms. The van der Waals surface area contributed by atoms with Gasteiger partial charge in [-0.05, 0) is 23.3 Å². The maximum atomic E-state index is 5.79. The van der Waals surface area contributed by atoms with Gasteiger partial charge in [-0.15, -0.1) is 0 Å². The van der Waals surface area contributed by atoms with Crippen molar-refractivity contribution in [2.45, 2.75) is 12.5 Å². The van der Waals surface area contributed by atoms with Crippen molar-refractivity contribution in [1.82, 2.24) is 9.55 Å². The quantitative estimate of drug-likeness (QED) is 0.734. The fourth-order valence-corrected chi connectivity index (χ4v) is 2.42. The highest BCUT2D eigenvalue weighted by Crippen LogP contribution is 2.27. The van der Waals surface area contributed by atoms with Gasteiger partial charge in [0.2, 0.25) is 0 Å². The summed E-state index contributed by atoms with van der Waals surface area (Å²) in [7, 11) is 0. The molecule has 0 aliphatic carbocycles. The van der Waals surface area contributed by atoms with Crippen molar-refractivity contribution in [2.75, 3.05) is 5.73 Å². The van der Waals surface area contributed by atoms with Crippen molar-refractivity contribution in [3.05, 3.63) is 84.4 Å². The van der Waals surface area contributed by atoms with Gasteiger partial charge in [0.15, 0.2) is 0 Å². The van der Waals surface area contributed by atoms with Crippen LogP contribution in [0.4, 0.5) is 5.69 Å². The predicted octanol–water partition coefficient (Wildman–Crippen LogP) is 3.30. The molecule has 0 spiro atoms. The van der Waals surface area contributed by atoms with Crippen LogP contribution in [-0.2, 0) is 6.54 Å². The maximum Gasteiger partial charge on any atom is 0.0946 e. The van der Waals surface area contributed by atoms with E-state index in [2.05, 4.69) is 45.9 Å². The van der Waals surface area contributed by atoms with E-state index in [0.717, 1.165) is 12.2 Å². The maximum absolute atomic E-state index is 5.79. The molecule has 3 aromatic rings. The number of nitrogens with two attached hydrogens (primary N) is 1. The number of nitrogen functional groups attached to an aromatic ring is 1. The molecule has 2 aromatic carbocycles. The highest BCUT2D eigenvalue weighted by molar-refractivity contribution is 5.42. The van der Waals surface area contributed by atoms with Crippen molar-refractivity contribution in [3.63, 3.8) is 0 Å². The van der Waals surface area contributed by atoms with E-state index in [4.69, 9.17) is 5.73 Å².